The largest absolute Gasteiger partial charge is 0.495 e. The van der Waals surface area contributed by atoms with E-state index in [1.165, 1.54) is 12.0 Å². The summed E-state index contributed by atoms with van der Waals surface area (Å²) >= 11 is 5.80. The number of aryl methyl sites for hydroxylation is 1. The van der Waals surface area contributed by atoms with Gasteiger partial charge in [0.15, 0.2) is 6.61 Å². The zero-order valence-electron chi connectivity index (χ0n) is 16.1. The highest BCUT2D eigenvalue weighted by atomic mass is 35.5. The lowest BCUT2D eigenvalue weighted by molar-refractivity contribution is -0.151. The normalized spacial score (nSPS) is 15.9. The van der Waals surface area contributed by atoms with Gasteiger partial charge in [0.2, 0.25) is 5.91 Å². The molecule has 2 amide bonds. The van der Waals surface area contributed by atoms with Gasteiger partial charge in [-0.05, 0) is 48.9 Å². The summed E-state index contributed by atoms with van der Waals surface area (Å²) in [5.41, 5.74) is 2.14. The lowest BCUT2D eigenvalue weighted by Crippen LogP contribution is -2.28. The second-order valence-corrected chi connectivity index (χ2v) is 7.18. The fourth-order valence-electron chi connectivity index (χ4n) is 3.09. The average molecular weight is 417 g/mol. The van der Waals surface area contributed by atoms with Crippen LogP contribution in [-0.4, -0.2) is 38.0 Å². The first kappa shape index (κ1) is 20.7. The number of esters is 1. The molecule has 0 unspecified atom stereocenters. The lowest BCUT2D eigenvalue weighted by atomic mass is 10.1. The molecule has 0 spiro atoms. The van der Waals surface area contributed by atoms with Crippen molar-refractivity contribution in [2.75, 3.05) is 30.5 Å². The molecule has 2 aromatic carbocycles. The number of amides is 2. The van der Waals surface area contributed by atoms with Gasteiger partial charge in [0.25, 0.3) is 5.91 Å². The van der Waals surface area contributed by atoms with Gasteiger partial charge in [-0.15, -0.1) is 0 Å². The number of ether oxygens (including phenoxy) is 2. The topological polar surface area (TPSA) is 84.9 Å². The van der Waals surface area contributed by atoms with E-state index in [1.807, 2.05) is 19.1 Å². The molecule has 1 atom stereocenters. The molecule has 29 heavy (non-hydrogen) atoms. The fraction of sp³-hybridized carbons (Fsp3) is 0.286. The first-order valence-corrected chi connectivity index (χ1v) is 9.42. The number of nitrogens with zero attached hydrogens (tertiary/aromatic N) is 1. The van der Waals surface area contributed by atoms with E-state index >= 15 is 0 Å². The van der Waals surface area contributed by atoms with Gasteiger partial charge >= 0.3 is 5.97 Å². The molecule has 1 heterocycles. The summed E-state index contributed by atoms with van der Waals surface area (Å²) in [7, 11) is 1.53. The number of rotatable bonds is 6. The lowest BCUT2D eigenvalue weighted by Gasteiger charge is -2.20. The van der Waals surface area contributed by atoms with E-state index in [0.717, 1.165) is 5.56 Å². The maximum Gasteiger partial charge on any atom is 0.311 e. The Morgan fingerprint density at radius 1 is 1.21 bits per heavy atom. The molecule has 152 valence electrons. The van der Waals surface area contributed by atoms with Gasteiger partial charge in [-0.25, -0.2) is 0 Å². The SMILES string of the molecule is COc1ccc(C)cc1N1C[C@@H](C(=O)OCC(=O)Nc2ccc(Cl)cc2)CC1=O. The van der Waals surface area contributed by atoms with Crippen LogP contribution in [0.15, 0.2) is 42.5 Å². The molecular formula is C21H21ClN2O5. The second kappa shape index (κ2) is 8.96. The number of benzene rings is 2. The van der Waals surface area contributed by atoms with Gasteiger partial charge in [-0.1, -0.05) is 17.7 Å². The molecule has 0 bridgehead atoms. The van der Waals surface area contributed by atoms with E-state index < -0.39 is 24.4 Å². The van der Waals surface area contributed by atoms with Crippen LogP contribution in [0.25, 0.3) is 0 Å². The third-order valence-electron chi connectivity index (χ3n) is 4.56. The molecule has 0 aliphatic carbocycles. The van der Waals surface area contributed by atoms with Crippen molar-refractivity contribution in [3.63, 3.8) is 0 Å². The van der Waals surface area contributed by atoms with Crippen molar-refractivity contribution < 1.29 is 23.9 Å². The number of nitrogens with one attached hydrogen (secondary N) is 1. The number of methoxy groups -OCH3 is 1. The number of hydrogen-bond acceptors (Lipinski definition) is 5. The highest BCUT2D eigenvalue weighted by Gasteiger charge is 2.37. The Hall–Kier alpha value is -3.06. The summed E-state index contributed by atoms with van der Waals surface area (Å²) in [5, 5.41) is 3.16. The predicted octanol–water partition coefficient (Wildman–Crippen LogP) is 3.19. The van der Waals surface area contributed by atoms with Crippen LogP contribution in [0.1, 0.15) is 12.0 Å². The predicted molar refractivity (Wildman–Crippen MR) is 109 cm³/mol. The Kier molecular flexibility index (Phi) is 6.39. The van der Waals surface area contributed by atoms with Gasteiger partial charge in [-0.2, -0.15) is 0 Å². The zero-order valence-corrected chi connectivity index (χ0v) is 16.9. The van der Waals surface area contributed by atoms with Crippen LogP contribution >= 0.6 is 11.6 Å². The third-order valence-corrected chi connectivity index (χ3v) is 4.81. The Balaban J connectivity index is 1.57. The molecule has 0 saturated carbocycles. The fourth-order valence-corrected chi connectivity index (χ4v) is 3.22. The summed E-state index contributed by atoms with van der Waals surface area (Å²) in [6, 6.07) is 12.1. The third kappa shape index (κ3) is 5.06. The number of halogens is 1. The Morgan fingerprint density at radius 2 is 1.93 bits per heavy atom. The van der Waals surface area contributed by atoms with Crippen molar-refractivity contribution in [1.82, 2.24) is 0 Å². The quantitative estimate of drug-likeness (QED) is 0.731. The molecule has 1 fully saturated rings. The molecule has 3 rings (SSSR count). The van der Waals surface area contributed by atoms with Gasteiger partial charge in [-0.3, -0.25) is 14.4 Å². The maximum absolute atomic E-state index is 12.4. The van der Waals surface area contributed by atoms with Gasteiger partial charge in [0.1, 0.15) is 5.75 Å². The van der Waals surface area contributed by atoms with E-state index in [0.29, 0.717) is 22.1 Å². The van der Waals surface area contributed by atoms with E-state index in [4.69, 9.17) is 21.1 Å². The Labute approximate surface area is 173 Å². The first-order chi connectivity index (χ1) is 13.9. The summed E-state index contributed by atoms with van der Waals surface area (Å²) in [5.74, 6) is -1.33. The van der Waals surface area contributed by atoms with Gasteiger partial charge < -0.3 is 19.7 Å². The summed E-state index contributed by atoms with van der Waals surface area (Å²) in [6.07, 6.45) is 0.0226. The highest BCUT2D eigenvalue weighted by Crippen LogP contribution is 2.34. The molecule has 1 aliphatic rings. The molecule has 1 saturated heterocycles. The van der Waals surface area contributed by atoms with Gasteiger partial charge in [0.05, 0.1) is 18.7 Å². The number of hydrogen-bond donors (Lipinski definition) is 1. The van der Waals surface area contributed by atoms with Crippen molar-refractivity contribution in [2.45, 2.75) is 13.3 Å². The van der Waals surface area contributed by atoms with Crippen molar-refractivity contribution in [3.05, 3.63) is 53.1 Å². The zero-order chi connectivity index (χ0) is 21.0. The van der Waals surface area contributed by atoms with Crippen LogP contribution < -0.4 is 15.0 Å². The standard InChI is InChI=1S/C21H21ClN2O5/c1-13-3-8-18(28-2)17(9-13)24-11-14(10-20(24)26)21(27)29-12-19(25)23-16-6-4-15(22)5-7-16/h3-9,14H,10-12H2,1-2H3,(H,23,25)/t14-/m0/s1. The molecular weight excluding hydrogens is 396 g/mol. The number of anilines is 2. The highest BCUT2D eigenvalue weighted by molar-refractivity contribution is 6.30. The number of carbonyl (C=O) groups is 3. The smallest absolute Gasteiger partial charge is 0.311 e. The average Bonchev–Trinajstić information content (AvgIpc) is 3.09. The maximum atomic E-state index is 12.4. The molecule has 1 aliphatic heterocycles. The minimum atomic E-state index is -0.643. The summed E-state index contributed by atoms with van der Waals surface area (Å²) in [4.78, 5) is 38.3. The monoisotopic (exact) mass is 416 g/mol. The molecule has 8 heteroatoms. The van der Waals surface area contributed by atoms with E-state index in [9.17, 15) is 14.4 Å². The van der Waals surface area contributed by atoms with E-state index in [-0.39, 0.29) is 18.9 Å². The molecule has 0 aromatic heterocycles. The Bertz CT molecular complexity index is 929. The van der Waals surface area contributed by atoms with Crippen molar-refractivity contribution >= 4 is 40.8 Å². The molecule has 7 nitrogen and oxygen atoms in total. The molecule has 2 aromatic rings. The van der Waals surface area contributed by atoms with Gasteiger partial charge in [0, 0.05) is 23.7 Å². The molecule has 1 N–H and O–H groups in total. The van der Waals surface area contributed by atoms with Crippen LogP contribution in [0.4, 0.5) is 11.4 Å². The van der Waals surface area contributed by atoms with Crippen LogP contribution in [0, 0.1) is 12.8 Å². The molecule has 0 radical (unpaired) electrons. The summed E-state index contributed by atoms with van der Waals surface area (Å²) < 4.78 is 10.4. The van der Waals surface area contributed by atoms with Crippen LogP contribution in [0.2, 0.25) is 5.02 Å². The van der Waals surface area contributed by atoms with E-state index in [1.54, 1.807) is 30.3 Å². The first-order valence-electron chi connectivity index (χ1n) is 9.04. The van der Waals surface area contributed by atoms with Crippen LogP contribution in [0.5, 0.6) is 5.75 Å². The minimum Gasteiger partial charge on any atom is -0.495 e. The minimum absolute atomic E-state index is 0.0226. The summed E-state index contributed by atoms with van der Waals surface area (Å²) in [6.45, 7) is 1.66. The van der Waals surface area contributed by atoms with Crippen LogP contribution in [-0.2, 0) is 19.1 Å². The van der Waals surface area contributed by atoms with E-state index in [2.05, 4.69) is 5.32 Å². The van der Waals surface area contributed by atoms with Crippen molar-refractivity contribution in [2.24, 2.45) is 5.92 Å². The van der Waals surface area contributed by atoms with Crippen molar-refractivity contribution in [3.8, 4) is 5.75 Å². The van der Waals surface area contributed by atoms with Crippen LogP contribution in [0.3, 0.4) is 0 Å². The second-order valence-electron chi connectivity index (χ2n) is 6.74. The van der Waals surface area contributed by atoms with Crippen molar-refractivity contribution in [1.29, 1.82) is 0 Å². The number of carbonyl (C=O) groups excluding carboxylic acids is 3. The Morgan fingerprint density at radius 3 is 2.62 bits per heavy atom.